The number of methoxy groups -OCH3 is 1. The van der Waals surface area contributed by atoms with Gasteiger partial charge in [-0.3, -0.25) is 0 Å². The van der Waals surface area contributed by atoms with E-state index in [-0.39, 0.29) is 39.7 Å². The van der Waals surface area contributed by atoms with Crippen LogP contribution in [0.2, 0.25) is 0 Å². The first-order valence-corrected chi connectivity index (χ1v) is 20.7. The van der Waals surface area contributed by atoms with Crippen molar-refractivity contribution < 1.29 is 31.5 Å². The fourth-order valence-electron chi connectivity index (χ4n) is 7.15. The number of fused-ring (bicyclic) bond motifs is 10. The average molecular weight is 815 g/mol. The Hall–Kier alpha value is -6.36. The molecule has 0 saturated heterocycles. The summed E-state index contributed by atoms with van der Waals surface area (Å²) < 4.78 is 72.0. The number of hydrogen-bond acceptors (Lipinski definition) is 8. The van der Waals surface area contributed by atoms with Gasteiger partial charge < -0.3 is 14.5 Å². The minimum Gasteiger partial charge on any atom is -0.466 e. The molecule has 1 atom stereocenters. The van der Waals surface area contributed by atoms with Crippen LogP contribution < -0.4 is 4.74 Å². The number of carbonyl (C=O) groups is 1. The van der Waals surface area contributed by atoms with Crippen molar-refractivity contribution in [3.63, 3.8) is 0 Å². The number of aromatic amines is 1. The van der Waals surface area contributed by atoms with Crippen LogP contribution in [0.3, 0.4) is 0 Å². The van der Waals surface area contributed by atoms with E-state index < -0.39 is 33.0 Å². The van der Waals surface area contributed by atoms with E-state index in [0.29, 0.717) is 40.9 Å². The van der Waals surface area contributed by atoms with Gasteiger partial charge in [-0.05, 0) is 86.2 Å². The Bertz CT molecular complexity index is 2920. The van der Waals surface area contributed by atoms with Gasteiger partial charge >= 0.3 is 5.97 Å². The summed E-state index contributed by atoms with van der Waals surface area (Å²) in [7, 11) is -2.77. The van der Waals surface area contributed by atoms with Crippen molar-refractivity contribution in [3.05, 3.63) is 153 Å². The number of imidazole rings is 1. The highest BCUT2D eigenvalue weighted by molar-refractivity contribution is 7.90. The summed E-state index contributed by atoms with van der Waals surface area (Å²) in [4.78, 5) is 24.6. The highest BCUT2D eigenvalue weighted by atomic mass is 32.2. The number of benzene rings is 4. The first-order chi connectivity index (χ1) is 27.9. The quantitative estimate of drug-likeness (QED) is 0.105. The summed E-state index contributed by atoms with van der Waals surface area (Å²) in [6.45, 7) is 3.94. The topological polar surface area (TPSA) is 116 Å². The van der Waals surface area contributed by atoms with Crippen molar-refractivity contribution in [1.82, 2.24) is 18.9 Å². The zero-order chi connectivity index (χ0) is 40.6. The van der Waals surface area contributed by atoms with E-state index in [1.54, 1.807) is 30.5 Å². The van der Waals surface area contributed by atoms with Crippen LogP contribution in [0.1, 0.15) is 64.8 Å². The molecule has 0 radical (unpaired) electrons. The Labute approximate surface area is 338 Å². The van der Waals surface area contributed by atoms with E-state index in [9.17, 15) is 13.2 Å². The van der Waals surface area contributed by atoms with Gasteiger partial charge in [0.05, 0.1) is 28.8 Å². The van der Waals surface area contributed by atoms with E-state index in [0.717, 1.165) is 32.4 Å². The standard InChI is InChI=1S/C45H36F2N4O5S2/c1-28-11-15-33(16-12-28)58(53,54)51-21-19-34-35-23-31-27-57-41(49-31)10-5-4-6-20-45(2,30-9-7-8-29(22-30)13-18-42(52)55-3)40-26-48-44(50-40)36-24-32(14-17-37(36)46)56-43(35)38(47)25-39(34)51/h7-9,11-19,21-22,24-27H,4,6,20,23H2,1-3H3,(H,48,50)/b18-13+. The minimum atomic E-state index is -4.09. The summed E-state index contributed by atoms with van der Waals surface area (Å²) in [6, 6.07) is 21.1. The van der Waals surface area contributed by atoms with Crippen LogP contribution in [0, 0.1) is 30.4 Å². The lowest BCUT2D eigenvalue weighted by Gasteiger charge is -2.29. The summed E-state index contributed by atoms with van der Waals surface area (Å²) in [6.07, 6.45) is 8.12. The van der Waals surface area contributed by atoms with Crippen molar-refractivity contribution in [1.29, 1.82) is 0 Å². The van der Waals surface area contributed by atoms with Crippen LogP contribution in [0.15, 0.2) is 108 Å². The zero-order valence-electron chi connectivity index (χ0n) is 31.7. The number of thiazole rings is 1. The second-order valence-electron chi connectivity index (χ2n) is 14.2. The van der Waals surface area contributed by atoms with Crippen molar-refractivity contribution in [2.45, 2.75) is 49.8 Å². The number of esters is 1. The normalized spacial score (nSPS) is 15.7. The molecule has 0 spiro atoms. The predicted octanol–water partition coefficient (Wildman–Crippen LogP) is 9.72. The summed E-state index contributed by atoms with van der Waals surface area (Å²) in [5, 5.41) is 2.86. The van der Waals surface area contributed by atoms with Crippen molar-refractivity contribution in [2.24, 2.45) is 0 Å². The molecule has 1 unspecified atom stereocenters. The molecule has 0 aliphatic carbocycles. The largest absolute Gasteiger partial charge is 0.466 e. The molecule has 0 fully saturated rings. The van der Waals surface area contributed by atoms with Crippen LogP contribution >= 0.6 is 11.3 Å². The molecule has 292 valence electrons. The van der Waals surface area contributed by atoms with Gasteiger partial charge in [0, 0.05) is 64.8 Å². The van der Waals surface area contributed by atoms with Gasteiger partial charge in [-0.1, -0.05) is 47.9 Å². The molecule has 9 nitrogen and oxygen atoms in total. The smallest absolute Gasteiger partial charge is 0.330 e. The number of nitrogens with one attached hydrogen (secondary N) is 1. The highest BCUT2D eigenvalue weighted by Crippen LogP contribution is 2.41. The maximum atomic E-state index is 16.5. The maximum absolute atomic E-state index is 16.5. The number of H-pyrrole nitrogens is 1. The average Bonchev–Trinajstić information content (AvgIpc) is 4.00. The molecule has 58 heavy (non-hydrogen) atoms. The molecule has 4 heterocycles. The fraction of sp³-hybridized carbons (Fsp3) is 0.178. The first kappa shape index (κ1) is 38.5. The number of carbonyl (C=O) groups excluding carboxylic acids is 1. The third kappa shape index (κ3) is 7.44. The van der Waals surface area contributed by atoms with Gasteiger partial charge in [-0.25, -0.2) is 35.9 Å². The molecule has 7 aromatic rings. The fourth-order valence-corrected chi connectivity index (χ4v) is 9.17. The molecule has 1 aliphatic rings. The third-order valence-corrected chi connectivity index (χ3v) is 12.9. The molecule has 8 rings (SSSR count). The van der Waals surface area contributed by atoms with Crippen LogP contribution in [0.4, 0.5) is 8.78 Å². The second kappa shape index (κ2) is 15.5. The molecule has 0 saturated carbocycles. The van der Waals surface area contributed by atoms with E-state index in [4.69, 9.17) is 14.5 Å². The number of aryl methyl sites for hydroxylation is 1. The van der Waals surface area contributed by atoms with Crippen molar-refractivity contribution in [2.75, 3.05) is 7.11 Å². The van der Waals surface area contributed by atoms with E-state index in [1.807, 2.05) is 36.6 Å². The predicted molar refractivity (Wildman–Crippen MR) is 219 cm³/mol. The Morgan fingerprint density at radius 2 is 1.90 bits per heavy atom. The molecule has 6 bridgehead atoms. The van der Waals surface area contributed by atoms with Gasteiger partial charge in [0.2, 0.25) is 0 Å². The SMILES string of the molecule is COC(=O)/C=C/c1cccc(C2(C)CCCC#Cc3nc(cs3)Cc3c(c(F)cc4c3ccn4S(=O)(=O)c3ccc(C)cc3)Oc3ccc(F)c(c3)-c3ncc2[nH]3)c1. The first-order valence-electron chi connectivity index (χ1n) is 18.4. The summed E-state index contributed by atoms with van der Waals surface area (Å²) >= 11 is 1.36. The molecular weight excluding hydrogens is 779 g/mol. The molecular formula is C45H36F2N4O5S2. The molecule has 0 amide bonds. The Morgan fingerprint density at radius 3 is 2.71 bits per heavy atom. The third-order valence-electron chi connectivity index (χ3n) is 10.4. The molecule has 4 aromatic carbocycles. The van der Waals surface area contributed by atoms with Crippen LogP contribution in [-0.4, -0.2) is 40.4 Å². The molecule has 3 aromatic heterocycles. The molecule has 1 N–H and O–H groups in total. The minimum absolute atomic E-state index is 0.0612. The van der Waals surface area contributed by atoms with Gasteiger partial charge in [0.1, 0.15) is 17.4 Å². The number of hydrogen-bond donors (Lipinski definition) is 1. The number of aromatic nitrogens is 4. The zero-order valence-corrected chi connectivity index (χ0v) is 33.3. The lowest BCUT2D eigenvalue weighted by molar-refractivity contribution is -0.134. The van der Waals surface area contributed by atoms with Crippen LogP contribution in [-0.2, 0) is 31.4 Å². The highest BCUT2D eigenvalue weighted by Gasteiger charge is 2.32. The van der Waals surface area contributed by atoms with E-state index in [2.05, 4.69) is 28.7 Å². The Morgan fingerprint density at radius 1 is 1.07 bits per heavy atom. The summed E-state index contributed by atoms with van der Waals surface area (Å²) in [5.41, 5.74) is 3.91. The van der Waals surface area contributed by atoms with Crippen LogP contribution in [0.5, 0.6) is 11.5 Å². The maximum Gasteiger partial charge on any atom is 0.330 e. The van der Waals surface area contributed by atoms with Gasteiger partial charge in [0.25, 0.3) is 10.0 Å². The number of ether oxygens (including phenoxy) is 2. The Balaban J connectivity index is 1.24. The van der Waals surface area contributed by atoms with Gasteiger partial charge in [-0.15, -0.1) is 11.3 Å². The Kier molecular flexibility index (Phi) is 10.3. The van der Waals surface area contributed by atoms with E-state index in [1.165, 1.54) is 61.1 Å². The van der Waals surface area contributed by atoms with Gasteiger partial charge in [-0.2, -0.15) is 0 Å². The summed E-state index contributed by atoms with van der Waals surface area (Å²) in [5.74, 6) is 4.80. The molecule has 13 heteroatoms. The number of rotatable bonds is 5. The monoisotopic (exact) mass is 814 g/mol. The van der Waals surface area contributed by atoms with Gasteiger partial charge in [0.15, 0.2) is 16.6 Å². The number of halogens is 2. The lowest BCUT2D eigenvalue weighted by atomic mass is 9.75. The second-order valence-corrected chi connectivity index (χ2v) is 16.9. The van der Waals surface area contributed by atoms with E-state index >= 15 is 8.78 Å². The van der Waals surface area contributed by atoms with Crippen molar-refractivity contribution >= 4 is 44.3 Å². The molecule has 1 aliphatic heterocycles. The van der Waals surface area contributed by atoms with Crippen molar-refractivity contribution in [3.8, 4) is 34.7 Å². The lowest BCUT2D eigenvalue weighted by Crippen LogP contribution is -2.24. The number of nitrogens with zero attached hydrogens (tertiary/aromatic N) is 3. The van der Waals surface area contributed by atoms with Crippen LogP contribution in [0.25, 0.3) is 28.4 Å².